The molecule has 0 N–H and O–H groups in total. The number of esters is 1. The van der Waals surface area contributed by atoms with Crippen molar-refractivity contribution < 1.29 is 19.2 Å². The maximum atomic E-state index is 11.1. The summed E-state index contributed by atoms with van der Waals surface area (Å²) in [6.45, 7) is 3.16. The Morgan fingerprint density at radius 3 is 2.50 bits per heavy atom. The van der Waals surface area contributed by atoms with Crippen LogP contribution in [0.15, 0.2) is 5.16 Å². The molecule has 0 saturated carbocycles. The fourth-order valence-electron chi connectivity index (χ4n) is 0.589. The highest BCUT2D eigenvalue weighted by Crippen LogP contribution is 1.90. The molecule has 0 bridgehead atoms. The molecule has 0 aromatic rings. The number of oxime groups is 1. The first kappa shape index (κ1) is 12.9. The van der Waals surface area contributed by atoms with Crippen LogP contribution in [0.2, 0.25) is 0 Å². The quantitative estimate of drug-likeness (QED) is 0.166. The zero-order valence-electron chi connectivity index (χ0n) is 8.08. The SMILES string of the molecule is CCOC(=O)C(=NOCCCl)C(C)=O. The molecule has 0 fully saturated rings. The standard InChI is InChI=1S/C8H12ClNO4/c1-3-13-8(12)7(6(2)11)10-14-5-4-9/h3-5H2,1-2H3. The van der Waals surface area contributed by atoms with E-state index in [0.29, 0.717) is 0 Å². The number of nitrogens with zero attached hydrogens (tertiary/aromatic N) is 1. The summed E-state index contributed by atoms with van der Waals surface area (Å²) in [5.74, 6) is -1.05. The molecule has 80 valence electrons. The first-order valence-electron chi connectivity index (χ1n) is 4.07. The molecule has 0 aromatic carbocycles. The van der Waals surface area contributed by atoms with Gasteiger partial charge in [0.2, 0.25) is 5.71 Å². The number of rotatable bonds is 6. The molecule has 0 amide bonds. The van der Waals surface area contributed by atoms with Gasteiger partial charge in [0.05, 0.1) is 12.5 Å². The van der Waals surface area contributed by atoms with E-state index in [1.807, 2.05) is 0 Å². The van der Waals surface area contributed by atoms with Crippen LogP contribution in [0, 0.1) is 0 Å². The number of carbonyl (C=O) groups excluding carboxylic acids is 2. The maximum Gasteiger partial charge on any atom is 0.364 e. The third-order valence-corrected chi connectivity index (χ3v) is 1.28. The maximum absolute atomic E-state index is 11.1. The third kappa shape index (κ3) is 4.81. The molecule has 0 atom stereocenters. The molecular formula is C8H12ClNO4. The Bertz CT molecular complexity index is 239. The first-order chi connectivity index (χ1) is 6.63. The van der Waals surface area contributed by atoms with Crippen molar-refractivity contribution in [2.45, 2.75) is 13.8 Å². The highest BCUT2D eigenvalue weighted by atomic mass is 35.5. The molecule has 0 aromatic heterocycles. The van der Waals surface area contributed by atoms with Gasteiger partial charge in [-0.1, -0.05) is 5.16 Å². The number of Topliss-reactive ketones (excluding diaryl/α,β-unsaturated/α-hetero) is 1. The van der Waals surface area contributed by atoms with Crippen molar-refractivity contribution in [2.75, 3.05) is 19.1 Å². The summed E-state index contributed by atoms with van der Waals surface area (Å²) in [5, 5.41) is 3.34. The first-order valence-corrected chi connectivity index (χ1v) is 4.60. The smallest absolute Gasteiger partial charge is 0.364 e. The minimum absolute atomic E-state index is 0.137. The molecule has 0 spiro atoms. The van der Waals surface area contributed by atoms with Gasteiger partial charge in [0.25, 0.3) is 0 Å². The molecular weight excluding hydrogens is 210 g/mol. The predicted molar refractivity (Wildman–Crippen MR) is 51.4 cm³/mol. The second kappa shape index (κ2) is 7.32. The Morgan fingerprint density at radius 2 is 2.07 bits per heavy atom. The number of ketones is 1. The van der Waals surface area contributed by atoms with Gasteiger partial charge in [-0.25, -0.2) is 4.79 Å². The Kier molecular flexibility index (Phi) is 6.74. The van der Waals surface area contributed by atoms with Crippen LogP contribution in [0.4, 0.5) is 0 Å². The number of ether oxygens (including phenoxy) is 1. The number of halogens is 1. The number of alkyl halides is 1. The van der Waals surface area contributed by atoms with Gasteiger partial charge in [0, 0.05) is 6.92 Å². The molecule has 0 radical (unpaired) electrons. The lowest BCUT2D eigenvalue weighted by atomic mass is 10.3. The minimum Gasteiger partial charge on any atom is -0.461 e. The van der Waals surface area contributed by atoms with Crippen LogP contribution in [-0.4, -0.2) is 36.6 Å². The van der Waals surface area contributed by atoms with Gasteiger partial charge in [-0.2, -0.15) is 0 Å². The fourth-order valence-corrected chi connectivity index (χ4v) is 0.658. The average Bonchev–Trinajstić information content (AvgIpc) is 2.12. The monoisotopic (exact) mass is 221 g/mol. The summed E-state index contributed by atoms with van der Waals surface area (Å²) >= 11 is 5.31. The zero-order chi connectivity index (χ0) is 11.0. The average molecular weight is 222 g/mol. The topological polar surface area (TPSA) is 65.0 Å². The normalized spacial score (nSPS) is 10.9. The second-order valence-electron chi connectivity index (χ2n) is 2.24. The van der Waals surface area contributed by atoms with Crippen LogP contribution in [0.1, 0.15) is 13.8 Å². The number of hydrogen-bond donors (Lipinski definition) is 0. The molecule has 14 heavy (non-hydrogen) atoms. The van der Waals surface area contributed by atoms with E-state index < -0.39 is 11.8 Å². The molecule has 0 aliphatic carbocycles. The molecule has 0 heterocycles. The molecule has 5 nitrogen and oxygen atoms in total. The van der Waals surface area contributed by atoms with E-state index in [0.717, 1.165) is 0 Å². The number of hydrogen-bond acceptors (Lipinski definition) is 5. The van der Waals surface area contributed by atoms with E-state index in [1.54, 1.807) is 6.92 Å². The second-order valence-corrected chi connectivity index (χ2v) is 2.62. The Hall–Kier alpha value is -1.10. The Balaban J connectivity index is 4.35. The summed E-state index contributed by atoms with van der Waals surface area (Å²) in [6.07, 6.45) is 0. The van der Waals surface area contributed by atoms with Gasteiger partial charge in [-0.05, 0) is 6.92 Å². The predicted octanol–water partition coefficient (Wildman–Crippen LogP) is 0.750. The van der Waals surface area contributed by atoms with Crippen LogP contribution >= 0.6 is 11.6 Å². The van der Waals surface area contributed by atoms with E-state index in [2.05, 4.69) is 14.7 Å². The summed E-state index contributed by atoms with van der Waals surface area (Å²) in [4.78, 5) is 26.6. The lowest BCUT2D eigenvalue weighted by Crippen LogP contribution is -2.24. The minimum atomic E-state index is -0.783. The van der Waals surface area contributed by atoms with Crippen molar-refractivity contribution in [3.05, 3.63) is 0 Å². The van der Waals surface area contributed by atoms with Crippen molar-refractivity contribution in [1.82, 2.24) is 0 Å². The van der Waals surface area contributed by atoms with E-state index in [9.17, 15) is 9.59 Å². The van der Waals surface area contributed by atoms with Crippen LogP contribution in [0.25, 0.3) is 0 Å². The Labute approximate surface area is 87.0 Å². The van der Waals surface area contributed by atoms with Crippen LogP contribution < -0.4 is 0 Å². The van der Waals surface area contributed by atoms with E-state index >= 15 is 0 Å². The molecule has 0 saturated heterocycles. The van der Waals surface area contributed by atoms with Crippen molar-refractivity contribution >= 4 is 29.1 Å². The van der Waals surface area contributed by atoms with Crippen LogP contribution in [-0.2, 0) is 19.2 Å². The van der Waals surface area contributed by atoms with Crippen molar-refractivity contribution in [2.24, 2.45) is 5.16 Å². The molecule has 0 rings (SSSR count). The lowest BCUT2D eigenvalue weighted by molar-refractivity contribution is -0.135. The third-order valence-electron chi connectivity index (χ3n) is 1.13. The van der Waals surface area contributed by atoms with Gasteiger partial charge in [-0.15, -0.1) is 11.6 Å². The van der Waals surface area contributed by atoms with Gasteiger partial charge in [-0.3, -0.25) is 4.79 Å². The molecule has 0 aliphatic heterocycles. The van der Waals surface area contributed by atoms with E-state index in [-0.39, 0.29) is 24.8 Å². The highest BCUT2D eigenvalue weighted by Gasteiger charge is 2.18. The van der Waals surface area contributed by atoms with Gasteiger partial charge in [0.1, 0.15) is 6.61 Å². The van der Waals surface area contributed by atoms with E-state index in [1.165, 1.54) is 6.92 Å². The highest BCUT2D eigenvalue weighted by molar-refractivity contribution is 6.63. The van der Waals surface area contributed by atoms with Crippen molar-refractivity contribution in [3.63, 3.8) is 0 Å². The van der Waals surface area contributed by atoms with Crippen LogP contribution in [0.3, 0.4) is 0 Å². The van der Waals surface area contributed by atoms with Crippen LogP contribution in [0.5, 0.6) is 0 Å². The number of carbonyl (C=O) groups is 2. The fraction of sp³-hybridized carbons (Fsp3) is 0.625. The van der Waals surface area contributed by atoms with Gasteiger partial charge in [0.15, 0.2) is 5.78 Å². The lowest BCUT2D eigenvalue weighted by Gasteiger charge is -2.01. The summed E-state index contributed by atoms with van der Waals surface area (Å²) in [5.41, 5.74) is -0.350. The molecule has 0 aliphatic rings. The zero-order valence-corrected chi connectivity index (χ0v) is 8.84. The van der Waals surface area contributed by atoms with Gasteiger partial charge < -0.3 is 9.57 Å². The van der Waals surface area contributed by atoms with Gasteiger partial charge >= 0.3 is 5.97 Å². The van der Waals surface area contributed by atoms with Crippen molar-refractivity contribution in [1.29, 1.82) is 0 Å². The summed E-state index contributed by atoms with van der Waals surface area (Å²) in [7, 11) is 0. The van der Waals surface area contributed by atoms with E-state index in [4.69, 9.17) is 11.6 Å². The molecule has 6 heteroatoms. The molecule has 0 unspecified atom stereocenters. The summed E-state index contributed by atoms with van der Waals surface area (Å²) in [6, 6.07) is 0. The van der Waals surface area contributed by atoms with Crippen molar-refractivity contribution in [3.8, 4) is 0 Å². The summed E-state index contributed by atoms with van der Waals surface area (Å²) < 4.78 is 4.59. The largest absolute Gasteiger partial charge is 0.461 e. The Morgan fingerprint density at radius 1 is 1.43 bits per heavy atom.